The third-order valence-corrected chi connectivity index (χ3v) is 3.10. The van der Waals surface area contributed by atoms with Gasteiger partial charge in [0.1, 0.15) is 0 Å². The van der Waals surface area contributed by atoms with E-state index in [1.165, 1.54) is 0 Å². The standard InChI is InChI=1S/C10H18N2O3/c1-6(9(11)13)3-12-4-8(5-12)7(2)10(14)15/h6-8H,3-5H2,1-2H3,(H2,11,13)(H,14,15). The number of hydrogen-bond acceptors (Lipinski definition) is 3. The Morgan fingerprint density at radius 2 is 2.00 bits per heavy atom. The van der Waals surface area contributed by atoms with Crippen LogP contribution in [-0.4, -0.2) is 41.5 Å². The van der Waals surface area contributed by atoms with E-state index in [2.05, 4.69) is 4.90 Å². The molecule has 1 fully saturated rings. The van der Waals surface area contributed by atoms with Crippen molar-refractivity contribution in [2.24, 2.45) is 23.5 Å². The predicted octanol–water partition coefficient (Wildman–Crippen LogP) is -0.240. The number of aliphatic carboxylic acids is 1. The van der Waals surface area contributed by atoms with Crippen LogP contribution < -0.4 is 5.73 Å². The molecule has 1 rings (SSSR count). The average molecular weight is 214 g/mol. The van der Waals surface area contributed by atoms with Gasteiger partial charge in [0.15, 0.2) is 0 Å². The lowest BCUT2D eigenvalue weighted by Crippen LogP contribution is -2.53. The first-order valence-electron chi connectivity index (χ1n) is 5.16. The predicted molar refractivity (Wildman–Crippen MR) is 55.1 cm³/mol. The first-order valence-corrected chi connectivity index (χ1v) is 5.16. The zero-order valence-corrected chi connectivity index (χ0v) is 9.14. The second kappa shape index (κ2) is 4.61. The van der Waals surface area contributed by atoms with Crippen LogP contribution >= 0.6 is 0 Å². The number of rotatable bonds is 5. The fourth-order valence-electron chi connectivity index (χ4n) is 1.75. The molecule has 2 atom stereocenters. The molecule has 1 heterocycles. The molecule has 86 valence electrons. The molecule has 0 radical (unpaired) electrons. The Balaban J connectivity index is 2.26. The van der Waals surface area contributed by atoms with Crippen molar-refractivity contribution in [1.82, 2.24) is 4.90 Å². The summed E-state index contributed by atoms with van der Waals surface area (Å²) in [7, 11) is 0. The van der Waals surface area contributed by atoms with Crippen LogP contribution in [-0.2, 0) is 9.59 Å². The van der Waals surface area contributed by atoms with E-state index in [0.717, 1.165) is 13.1 Å². The molecule has 0 spiro atoms. The topological polar surface area (TPSA) is 83.6 Å². The lowest BCUT2D eigenvalue weighted by atomic mass is 9.86. The quantitative estimate of drug-likeness (QED) is 0.661. The lowest BCUT2D eigenvalue weighted by Gasteiger charge is -2.42. The van der Waals surface area contributed by atoms with Crippen molar-refractivity contribution >= 4 is 11.9 Å². The second-order valence-corrected chi connectivity index (χ2v) is 4.41. The molecule has 0 aromatic rings. The zero-order valence-electron chi connectivity index (χ0n) is 9.14. The maximum Gasteiger partial charge on any atom is 0.306 e. The molecule has 5 heteroatoms. The zero-order chi connectivity index (χ0) is 11.6. The van der Waals surface area contributed by atoms with Crippen molar-refractivity contribution in [3.05, 3.63) is 0 Å². The number of hydrogen-bond donors (Lipinski definition) is 2. The summed E-state index contributed by atoms with van der Waals surface area (Å²) in [4.78, 5) is 23.5. The number of primary amides is 1. The van der Waals surface area contributed by atoms with E-state index in [1.807, 2.05) is 0 Å². The molecule has 1 aliphatic heterocycles. The Hall–Kier alpha value is -1.10. The molecule has 0 bridgehead atoms. The number of carbonyl (C=O) groups is 2. The molecule has 1 amide bonds. The van der Waals surface area contributed by atoms with Crippen LogP contribution in [0, 0.1) is 17.8 Å². The average Bonchev–Trinajstić information content (AvgIpc) is 2.08. The Labute approximate surface area is 89.2 Å². The summed E-state index contributed by atoms with van der Waals surface area (Å²) in [5.41, 5.74) is 5.15. The van der Waals surface area contributed by atoms with E-state index in [-0.39, 0.29) is 23.7 Å². The molecule has 0 aliphatic carbocycles. The van der Waals surface area contributed by atoms with E-state index in [0.29, 0.717) is 6.54 Å². The van der Waals surface area contributed by atoms with Gasteiger partial charge in [0.2, 0.25) is 5.91 Å². The summed E-state index contributed by atoms with van der Waals surface area (Å²) in [6.07, 6.45) is 0. The molecule has 0 aromatic carbocycles. The van der Waals surface area contributed by atoms with Crippen molar-refractivity contribution in [3.8, 4) is 0 Å². The van der Waals surface area contributed by atoms with E-state index in [1.54, 1.807) is 13.8 Å². The summed E-state index contributed by atoms with van der Waals surface area (Å²) in [6.45, 7) is 5.66. The van der Waals surface area contributed by atoms with Gasteiger partial charge in [0.25, 0.3) is 0 Å². The van der Waals surface area contributed by atoms with E-state index in [4.69, 9.17) is 10.8 Å². The Morgan fingerprint density at radius 1 is 1.47 bits per heavy atom. The number of likely N-dealkylation sites (tertiary alicyclic amines) is 1. The van der Waals surface area contributed by atoms with Gasteiger partial charge in [-0.2, -0.15) is 0 Å². The maximum atomic E-state index is 10.8. The van der Waals surface area contributed by atoms with E-state index < -0.39 is 5.97 Å². The minimum Gasteiger partial charge on any atom is -0.481 e. The smallest absolute Gasteiger partial charge is 0.306 e. The van der Waals surface area contributed by atoms with E-state index in [9.17, 15) is 9.59 Å². The molecular formula is C10H18N2O3. The van der Waals surface area contributed by atoms with Crippen LogP contribution in [0.25, 0.3) is 0 Å². The number of amides is 1. The van der Waals surface area contributed by atoms with Crippen molar-refractivity contribution in [3.63, 3.8) is 0 Å². The minimum atomic E-state index is -0.748. The van der Waals surface area contributed by atoms with Crippen molar-refractivity contribution in [1.29, 1.82) is 0 Å². The Bertz CT molecular complexity index is 261. The maximum absolute atomic E-state index is 10.8. The molecule has 0 aromatic heterocycles. The fourth-order valence-corrected chi connectivity index (χ4v) is 1.75. The summed E-state index contributed by atoms with van der Waals surface area (Å²) in [6, 6.07) is 0. The first kappa shape index (κ1) is 12.0. The number of carboxylic acids is 1. The van der Waals surface area contributed by atoms with Gasteiger partial charge in [-0.1, -0.05) is 13.8 Å². The van der Waals surface area contributed by atoms with Gasteiger partial charge in [0.05, 0.1) is 5.92 Å². The highest BCUT2D eigenvalue weighted by atomic mass is 16.4. The van der Waals surface area contributed by atoms with Crippen molar-refractivity contribution in [2.75, 3.05) is 19.6 Å². The van der Waals surface area contributed by atoms with Gasteiger partial charge in [0, 0.05) is 25.6 Å². The van der Waals surface area contributed by atoms with Gasteiger partial charge in [-0.25, -0.2) is 0 Å². The van der Waals surface area contributed by atoms with Gasteiger partial charge in [-0.3, -0.25) is 9.59 Å². The SMILES string of the molecule is CC(CN1CC(C(C)C(=O)O)C1)C(N)=O. The van der Waals surface area contributed by atoms with Gasteiger partial charge < -0.3 is 15.7 Å². The van der Waals surface area contributed by atoms with Crippen LogP contribution in [0.2, 0.25) is 0 Å². The van der Waals surface area contributed by atoms with Crippen molar-refractivity contribution < 1.29 is 14.7 Å². The number of carbonyl (C=O) groups excluding carboxylic acids is 1. The van der Waals surface area contributed by atoms with Crippen LogP contribution in [0.3, 0.4) is 0 Å². The molecule has 1 aliphatic rings. The molecule has 2 unspecified atom stereocenters. The van der Waals surface area contributed by atoms with Gasteiger partial charge >= 0.3 is 5.97 Å². The van der Waals surface area contributed by atoms with Gasteiger partial charge in [-0.15, -0.1) is 0 Å². The van der Waals surface area contributed by atoms with Crippen molar-refractivity contribution in [2.45, 2.75) is 13.8 Å². The number of nitrogens with zero attached hydrogens (tertiary/aromatic N) is 1. The summed E-state index contributed by atoms with van der Waals surface area (Å²) >= 11 is 0. The van der Waals surface area contributed by atoms with E-state index >= 15 is 0 Å². The second-order valence-electron chi connectivity index (χ2n) is 4.41. The third-order valence-electron chi connectivity index (χ3n) is 3.10. The molecule has 0 saturated carbocycles. The number of carboxylic acid groups (broad SMARTS) is 1. The van der Waals surface area contributed by atoms with Crippen LogP contribution in [0.5, 0.6) is 0 Å². The normalized spacial score (nSPS) is 21.7. The molecule has 3 N–H and O–H groups in total. The Kier molecular flexibility index (Phi) is 3.68. The highest BCUT2D eigenvalue weighted by molar-refractivity contribution is 5.76. The van der Waals surface area contributed by atoms with Crippen LogP contribution in [0.4, 0.5) is 0 Å². The summed E-state index contributed by atoms with van der Waals surface area (Å²) in [5, 5.41) is 8.78. The highest BCUT2D eigenvalue weighted by Gasteiger charge is 2.35. The highest BCUT2D eigenvalue weighted by Crippen LogP contribution is 2.24. The lowest BCUT2D eigenvalue weighted by molar-refractivity contribution is -0.145. The fraction of sp³-hybridized carbons (Fsp3) is 0.800. The van der Waals surface area contributed by atoms with Gasteiger partial charge in [-0.05, 0) is 5.92 Å². The molecule has 1 saturated heterocycles. The largest absolute Gasteiger partial charge is 0.481 e. The van der Waals surface area contributed by atoms with Crippen LogP contribution in [0.15, 0.2) is 0 Å². The monoisotopic (exact) mass is 214 g/mol. The number of nitrogens with two attached hydrogens (primary N) is 1. The molecular weight excluding hydrogens is 196 g/mol. The Morgan fingerprint density at radius 3 is 2.40 bits per heavy atom. The third kappa shape index (κ3) is 2.92. The first-order chi connectivity index (χ1) is 6.91. The molecule has 15 heavy (non-hydrogen) atoms. The van der Waals surface area contributed by atoms with Crippen LogP contribution in [0.1, 0.15) is 13.8 Å². The summed E-state index contributed by atoms with van der Waals surface area (Å²) in [5.74, 6) is -1.30. The molecule has 5 nitrogen and oxygen atoms in total. The summed E-state index contributed by atoms with van der Waals surface area (Å²) < 4.78 is 0. The minimum absolute atomic E-state index is 0.161.